The summed E-state index contributed by atoms with van der Waals surface area (Å²) in [7, 11) is 0. The monoisotopic (exact) mass is 492 g/mol. The molecule has 0 amide bonds. The van der Waals surface area contributed by atoms with E-state index in [9.17, 15) is 14.7 Å². The normalized spacial score (nSPS) is 9.75. The summed E-state index contributed by atoms with van der Waals surface area (Å²) in [6.45, 7) is 3.21. The Morgan fingerprint density at radius 1 is 0.694 bits per heavy atom. The number of aliphatic hydroxyl groups is 1. The topological polar surface area (TPSA) is 72.8 Å². The Bertz CT molecular complexity index is 922. The molecule has 5 heteroatoms. The third-order valence-corrected chi connectivity index (χ3v) is 5.11. The van der Waals surface area contributed by atoms with Crippen LogP contribution in [0.25, 0.3) is 0 Å². The van der Waals surface area contributed by atoms with E-state index < -0.39 is 24.6 Å². The highest BCUT2D eigenvalue weighted by Crippen LogP contribution is 2.13. The number of unbranched alkanes of at least 4 members (excludes halogenated alkanes) is 12. The first kappa shape index (κ1) is 32.7. The molecular formula is C31H40O5. The van der Waals surface area contributed by atoms with Crippen molar-refractivity contribution in [1.29, 1.82) is 0 Å². The van der Waals surface area contributed by atoms with Gasteiger partial charge < -0.3 is 14.6 Å². The summed E-state index contributed by atoms with van der Waals surface area (Å²) in [6.07, 6.45) is 15.4. The van der Waals surface area contributed by atoms with Crippen LogP contribution in [0.3, 0.4) is 0 Å². The van der Waals surface area contributed by atoms with Crippen LogP contribution in [-0.4, -0.2) is 36.4 Å². The summed E-state index contributed by atoms with van der Waals surface area (Å²) in [6, 6.07) is 0. The van der Waals surface area contributed by atoms with Gasteiger partial charge in [0.1, 0.15) is 6.61 Å². The molecule has 0 fully saturated rings. The third kappa shape index (κ3) is 23.8. The fourth-order valence-electron chi connectivity index (χ4n) is 3.19. The second-order valence-corrected chi connectivity index (χ2v) is 8.26. The summed E-state index contributed by atoms with van der Waals surface area (Å²) in [5.41, 5.74) is 0. The van der Waals surface area contributed by atoms with Crippen molar-refractivity contribution in [1.82, 2.24) is 0 Å². The van der Waals surface area contributed by atoms with E-state index in [1.54, 1.807) is 6.92 Å². The number of rotatable bonds is 18. The summed E-state index contributed by atoms with van der Waals surface area (Å²) in [5.74, 6) is 23.1. The van der Waals surface area contributed by atoms with Gasteiger partial charge in [-0.25, -0.2) is 4.79 Å². The van der Waals surface area contributed by atoms with E-state index in [0.717, 1.165) is 19.3 Å². The van der Waals surface area contributed by atoms with Crippen LogP contribution in [0.1, 0.15) is 104 Å². The quantitative estimate of drug-likeness (QED) is 0.127. The van der Waals surface area contributed by atoms with Crippen LogP contribution in [-0.2, 0) is 19.1 Å². The lowest BCUT2D eigenvalue weighted by atomic mass is 10.0. The lowest BCUT2D eigenvalue weighted by molar-refractivity contribution is -0.159. The Labute approximate surface area is 218 Å². The third-order valence-electron chi connectivity index (χ3n) is 5.11. The van der Waals surface area contributed by atoms with E-state index in [0.29, 0.717) is 0 Å². The maximum atomic E-state index is 12.0. The highest BCUT2D eigenvalue weighted by atomic mass is 16.6. The van der Waals surface area contributed by atoms with Gasteiger partial charge >= 0.3 is 11.9 Å². The second-order valence-electron chi connectivity index (χ2n) is 8.26. The predicted molar refractivity (Wildman–Crippen MR) is 143 cm³/mol. The first-order valence-corrected chi connectivity index (χ1v) is 13.0. The molecule has 0 aromatic rings. The first-order valence-electron chi connectivity index (χ1n) is 13.0. The summed E-state index contributed by atoms with van der Waals surface area (Å²) in [4.78, 5) is 23.6. The van der Waals surface area contributed by atoms with E-state index in [-0.39, 0.29) is 13.0 Å². The van der Waals surface area contributed by atoms with Crippen LogP contribution in [0.2, 0.25) is 0 Å². The number of hydrogen-bond acceptors (Lipinski definition) is 5. The van der Waals surface area contributed by atoms with E-state index in [1.807, 2.05) is 0 Å². The van der Waals surface area contributed by atoms with Crippen LogP contribution in [0, 0.1) is 59.2 Å². The minimum atomic E-state index is -0.910. The van der Waals surface area contributed by atoms with Gasteiger partial charge in [0.25, 0.3) is 0 Å². The first-order chi connectivity index (χ1) is 17.6. The van der Waals surface area contributed by atoms with Crippen molar-refractivity contribution in [2.24, 2.45) is 0 Å². The lowest BCUT2D eigenvalue weighted by Crippen LogP contribution is -2.28. The molecule has 0 aliphatic carbocycles. The maximum Gasteiger partial charge on any atom is 0.385 e. The Hall–Kier alpha value is -3.30. The standard InChI is InChI=1S/C31H40O5/c1-3-5-7-9-11-13-14-15-16-18-20-22-24-26-31(34)36-29(27-32)28-35-30(33)25-23-21-19-17-12-10-8-6-4-2/h29,32H,3,5,7,9,11,13-16,18,20,22,24,26-28H2,1-2H3/t29-/m0/s1. The Balaban J connectivity index is 3.87. The number of aliphatic hydroxyl groups excluding tert-OH is 1. The van der Waals surface area contributed by atoms with E-state index in [2.05, 4.69) is 66.1 Å². The van der Waals surface area contributed by atoms with Gasteiger partial charge in [-0.1, -0.05) is 89.9 Å². The van der Waals surface area contributed by atoms with Crippen molar-refractivity contribution >= 4 is 11.9 Å². The molecule has 0 aliphatic heterocycles. The summed E-state index contributed by atoms with van der Waals surface area (Å²) < 4.78 is 10.1. The van der Waals surface area contributed by atoms with Gasteiger partial charge in [0, 0.05) is 12.3 Å². The number of hydrogen-bond donors (Lipinski definition) is 1. The van der Waals surface area contributed by atoms with Gasteiger partial charge in [-0.05, 0) is 60.7 Å². The van der Waals surface area contributed by atoms with Crippen LogP contribution in [0.4, 0.5) is 0 Å². The largest absolute Gasteiger partial charge is 0.456 e. The summed E-state index contributed by atoms with van der Waals surface area (Å²) >= 11 is 0. The number of carbonyl (C=O) groups excluding carboxylic acids is 2. The van der Waals surface area contributed by atoms with Crippen molar-refractivity contribution < 1.29 is 24.2 Å². The molecule has 0 bridgehead atoms. The molecule has 0 aromatic heterocycles. The van der Waals surface area contributed by atoms with Gasteiger partial charge in [-0.15, -0.1) is 0 Å². The molecule has 194 valence electrons. The van der Waals surface area contributed by atoms with Gasteiger partial charge in [-0.3, -0.25) is 4.79 Å². The van der Waals surface area contributed by atoms with Crippen molar-refractivity contribution in [2.75, 3.05) is 13.2 Å². The van der Waals surface area contributed by atoms with Gasteiger partial charge in [0.15, 0.2) is 6.10 Å². The minimum absolute atomic E-state index is 0.268. The fourth-order valence-corrected chi connectivity index (χ4v) is 3.19. The van der Waals surface area contributed by atoms with E-state index in [1.165, 1.54) is 64.2 Å². The zero-order chi connectivity index (χ0) is 26.5. The van der Waals surface area contributed by atoms with Crippen LogP contribution < -0.4 is 0 Å². The molecule has 0 unspecified atom stereocenters. The fraction of sp³-hybridized carbons (Fsp3) is 0.613. The molecule has 0 rings (SSSR count). The molecule has 0 saturated heterocycles. The molecule has 1 atom stereocenters. The molecule has 0 spiro atoms. The van der Waals surface area contributed by atoms with Crippen LogP contribution >= 0.6 is 0 Å². The predicted octanol–water partition coefficient (Wildman–Crippen LogP) is 4.95. The van der Waals surface area contributed by atoms with E-state index >= 15 is 0 Å². The zero-order valence-electron chi connectivity index (χ0n) is 22.0. The Morgan fingerprint density at radius 2 is 1.17 bits per heavy atom. The Kier molecular flexibility index (Phi) is 23.9. The van der Waals surface area contributed by atoms with Crippen LogP contribution in [0.5, 0.6) is 0 Å². The number of ether oxygens (including phenoxy) is 2. The maximum absolute atomic E-state index is 12.0. The van der Waals surface area contributed by atoms with Gasteiger partial charge in [0.05, 0.1) is 6.61 Å². The second kappa shape index (κ2) is 26.3. The molecule has 0 aliphatic rings. The highest BCUT2D eigenvalue weighted by molar-refractivity contribution is 5.89. The lowest BCUT2D eigenvalue weighted by Gasteiger charge is -2.14. The van der Waals surface area contributed by atoms with Crippen molar-refractivity contribution in [3.8, 4) is 59.2 Å². The van der Waals surface area contributed by atoms with Crippen molar-refractivity contribution in [3.05, 3.63) is 0 Å². The average Bonchev–Trinajstić information content (AvgIpc) is 2.88. The van der Waals surface area contributed by atoms with E-state index in [4.69, 9.17) is 9.47 Å². The molecule has 1 N–H and O–H groups in total. The molecule has 0 saturated carbocycles. The summed E-state index contributed by atoms with van der Waals surface area (Å²) in [5, 5.41) is 9.36. The molecule has 36 heavy (non-hydrogen) atoms. The van der Waals surface area contributed by atoms with Gasteiger partial charge in [-0.2, -0.15) is 0 Å². The SMILES string of the molecule is CC#CC#CC#CC#CC#CC(=O)OC[C@H](CO)OC(=O)CCCCCCCCCCCCCCC. The van der Waals surface area contributed by atoms with Gasteiger partial charge in [0.2, 0.25) is 0 Å². The highest BCUT2D eigenvalue weighted by Gasteiger charge is 2.15. The van der Waals surface area contributed by atoms with Crippen molar-refractivity contribution in [3.63, 3.8) is 0 Å². The average molecular weight is 493 g/mol. The van der Waals surface area contributed by atoms with Crippen molar-refractivity contribution in [2.45, 2.75) is 110 Å². The smallest absolute Gasteiger partial charge is 0.385 e. The number of carbonyl (C=O) groups is 2. The Morgan fingerprint density at radius 3 is 1.67 bits per heavy atom. The minimum Gasteiger partial charge on any atom is -0.456 e. The molecule has 5 nitrogen and oxygen atoms in total. The number of esters is 2. The molecule has 0 radical (unpaired) electrons. The van der Waals surface area contributed by atoms with Crippen LogP contribution in [0.15, 0.2) is 0 Å². The molecule has 0 heterocycles. The molecular weight excluding hydrogens is 452 g/mol. The molecule has 0 aromatic carbocycles. The zero-order valence-corrected chi connectivity index (χ0v) is 22.0.